The Labute approximate surface area is 66.0 Å². The summed E-state index contributed by atoms with van der Waals surface area (Å²) in [6, 6.07) is 8.09. The fourth-order valence-electron chi connectivity index (χ4n) is 0.968. The Morgan fingerprint density at radius 1 is 1.73 bits per heavy atom. The third kappa shape index (κ3) is 1.65. The van der Waals surface area contributed by atoms with E-state index in [1.54, 1.807) is 12.1 Å². The average molecular weight is 148 g/mol. The summed E-state index contributed by atoms with van der Waals surface area (Å²) in [6.45, 7) is 1.94. The van der Waals surface area contributed by atoms with Crippen LogP contribution in [0.2, 0.25) is 0 Å². The molecule has 0 atom stereocenters. The number of hydrogen-bond acceptors (Lipinski definition) is 2. The molecule has 0 aliphatic rings. The maximum atomic E-state index is 10.9. The van der Waals surface area contributed by atoms with Gasteiger partial charge in [-0.3, -0.25) is 4.79 Å². The highest BCUT2D eigenvalue weighted by Crippen LogP contribution is 2.07. The molecule has 0 fully saturated rings. The Hall–Kier alpha value is -1.15. The van der Waals surface area contributed by atoms with Gasteiger partial charge in [0.1, 0.15) is 0 Å². The highest BCUT2D eigenvalue weighted by molar-refractivity contribution is 5.95. The maximum absolute atomic E-state index is 10.9. The number of ketones is 1. The molecule has 0 bridgehead atoms. The molecule has 0 aliphatic carbocycles. The smallest absolute Gasteiger partial charge is 0.160 e. The first kappa shape index (κ1) is 7.95. The van der Waals surface area contributed by atoms with Crippen LogP contribution in [0.25, 0.3) is 0 Å². The zero-order valence-electron chi connectivity index (χ0n) is 6.42. The van der Waals surface area contributed by atoms with Gasteiger partial charge >= 0.3 is 0 Å². The molecule has 0 unspecified atom stereocenters. The van der Waals surface area contributed by atoms with Crippen LogP contribution in [-0.4, -0.2) is 5.78 Å². The van der Waals surface area contributed by atoms with Crippen molar-refractivity contribution in [3.8, 4) is 0 Å². The Balaban J connectivity index is 3.12. The monoisotopic (exact) mass is 148 g/mol. The molecule has 0 spiro atoms. The molecule has 2 N–H and O–H groups in total. The summed E-state index contributed by atoms with van der Waals surface area (Å²) in [7, 11) is 0. The predicted octanol–water partition coefficient (Wildman–Crippen LogP) is 1.15. The number of carbonyl (C=O) groups is 1. The highest BCUT2D eigenvalue weighted by atomic mass is 16.1. The van der Waals surface area contributed by atoms with E-state index in [9.17, 15) is 4.79 Å². The zero-order chi connectivity index (χ0) is 8.27. The molecule has 2 nitrogen and oxygen atoms in total. The molecule has 0 aliphatic heterocycles. The Morgan fingerprint density at radius 2 is 2.45 bits per heavy atom. The van der Waals surface area contributed by atoms with E-state index in [1.165, 1.54) is 6.92 Å². The molecular weight excluding hydrogens is 138 g/mol. The molecule has 11 heavy (non-hydrogen) atoms. The van der Waals surface area contributed by atoms with Crippen LogP contribution in [0.1, 0.15) is 22.8 Å². The predicted molar refractivity (Wildman–Crippen MR) is 43.2 cm³/mol. The van der Waals surface area contributed by atoms with Crippen molar-refractivity contribution in [3.05, 3.63) is 35.4 Å². The van der Waals surface area contributed by atoms with Crippen LogP contribution < -0.4 is 5.73 Å². The fraction of sp³-hybridized carbons (Fsp3) is 0.222. The van der Waals surface area contributed by atoms with Crippen molar-refractivity contribution in [2.24, 2.45) is 5.73 Å². The summed E-state index contributed by atoms with van der Waals surface area (Å²) in [5.74, 6) is 0.0438. The summed E-state index contributed by atoms with van der Waals surface area (Å²) in [6.07, 6.45) is 0. The lowest BCUT2D eigenvalue weighted by Gasteiger charge is -2.01. The van der Waals surface area contributed by atoms with Crippen LogP contribution in [0.3, 0.4) is 0 Å². The van der Waals surface area contributed by atoms with Crippen LogP contribution in [0.15, 0.2) is 18.2 Å². The van der Waals surface area contributed by atoms with Crippen LogP contribution in [-0.2, 0) is 6.54 Å². The second kappa shape index (κ2) is 3.30. The van der Waals surface area contributed by atoms with E-state index in [0.29, 0.717) is 12.1 Å². The minimum atomic E-state index is 0.0438. The third-order valence-corrected chi connectivity index (χ3v) is 1.55. The summed E-state index contributed by atoms with van der Waals surface area (Å²) >= 11 is 0. The fourth-order valence-corrected chi connectivity index (χ4v) is 0.968. The van der Waals surface area contributed by atoms with Gasteiger partial charge in [0.05, 0.1) is 0 Å². The van der Waals surface area contributed by atoms with Gasteiger partial charge in [-0.05, 0) is 24.6 Å². The first-order valence-corrected chi connectivity index (χ1v) is 3.45. The number of nitrogens with two attached hydrogens (primary N) is 1. The Kier molecular flexibility index (Phi) is 2.39. The van der Waals surface area contributed by atoms with Crippen molar-refractivity contribution in [2.45, 2.75) is 13.5 Å². The Bertz CT molecular complexity index is 268. The van der Waals surface area contributed by atoms with Crippen molar-refractivity contribution in [2.75, 3.05) is 0 Å². The first-order chi connectivity index (χ1) is 5.25. The van der Waals surface area contributed by atoms with Gasteiger partial charge < -0.3 is 5.73 Å². The number of benzene rings is 1. The van der Waals surface area contributed by atoms with E-state index in [0.717, 1.165) is 5.56 Å². The highest BCUT2D eigenvalue weighted by Gasteiger charge is 2.02. The van der Waals surface area contributed by atoms with Crippen LogP contribution in [0.4, 0.5) is 0 Å². The standard InChI is InChI=1S/C9H10NO/c1-7(11)9-5-3-2-4-8(9)6-10/h2,4-5H,6,10H2,1H3. The molecule has 1 radical (unpaired) electrons. The summed E-state index contributed by atoms with van der Waals surface area (Å²) in [5.41, 5.74) is 6.98. The van der Waals surface area contributed by atoms with Gasteiger partial charge in [0.25, 0.3) is 0 Å². The van der Waals surface area contributed by atoms with Crippen molar-refractivity contribution in [3.63, 3.8) is 0 Å². The van der Waals surface area contributed by atoms with Gasteiger partial charge in [-0.15, -0.1) is 0 Å². The Morgan fingerprint density at radius 3 is 2.91 bits per heavy atom. The molecule has 0 amide bonds. The molecular formula is C9H10NO. The van der Waals surface area contributed by atoms with Gasteiger partial charge in [-0.1, -0.05) is 12.1 Å². The van der Waals surface area contributed by atoms with Crippen LogP contribution in [0, 0.1) is 6.07 Å². The van der Waals surface area contributed by atoms with E-state index in [-0.39, 0.29) is 5.78 Å². The second-order valence-electron chi connectivity index (χ2n) is 2.34. The van der Waals surface area contributed by atoms with Gasteiger partial charge in [0.2, 0.25) is 0 Å². The van der Waals surface area contributed by atoms with Gasteiger partial charge in [0, 0.05) is 12.1 Å². The first-order valence-electron chi connectivity index (χ1n) is 3.45. The van der Waals surface area contributed by atoms with E-state index < -0.39 is 0 Å². The number of carbonyl (C=O) groups excluding carboxylic acids is 1. The SMILES string of the molecule is CC(=O)c1c[c]ccc1CN. The average Bonchev–Trinajstić information content (AvgIpc) is 2.04. The van der Waals surface area contributed by atoms with E-state index >= 15 is 0 Å². The van der Waals surface area contributed by atoms with E-state index in [1.807, 2.05) is 6.07 Å². The number of Topliss-reactive ketones (excluding diaryl/α,β-unsaturated/α-hetero) is 1. The summed E-state index contributed by atoms with van der Waals surface area (Å²) in [4.78, 5) is 10.9. The molecule has 0 saturated carbocycles. The largest absolute Gasteiger partial charge is 0.326 e. The quantitative estimate of drug-likeness (QED) is 0.639. The molecule has 57 valence electrons. The van der Waals surface area contributed by atoms with E-state index in [4.69, 9.17) is 5.73 Å². The molecule has 2 heteroatoms. The summed E-state index contributed by atoms with van der Waals surface area (Å²) < 4.78 is 0. The van der Waals surface area contributed by atoms with E-state index in [2.05, 4.69) is 6.07 Å². The number of hydrogen-bond donors (Lipinski definition) is 1. The number of rotatable bonds is 2. The van der Waals surface area contributed by atoms with Gasteiger partial charge in [-0.25, -0.2) is 0 Å². The van der Waals surface area contributed by atoms with Crippen molar-refractivity contribution in [1.82, 2.24) is 0 Å². The van der Waals surface area contributed by atoms with Crippen LogP contribution >= 0.6 is 0 Å². The van der Waals surface area contributed by atoms with Gasteiger partial charge in [-0.2, -0.15) is 0 Å². The van der Waals surface area contributed by atoms with Crippen LogP contribution in [0.5, 0.6) is 0 Å². The topological polar surface area (TPSA) is 43.1 Å². The summed E-state index contributed by atoms with van der Waals surface area (Å²) in [5, 5.41) is 0. The lowest BCUT2D eigenvalue weighted by atomic mass is 10.1. The minimum absolute atomic E-state index is 0.0438. The molecule has 0 heterocycles. The van der Waals surface area contributed by atoms with Gasteiger partial charge in [0.15, 0.2) is 5.78 Å². The van der Waals surface area contributed by atoms with Crippen molar-refractivity contribution < 1.29 is 4.79 Å². The lowest BCUT2D eigenvalue weighted by Crippen LogP contribution is -2.04. The third-order valence-electron chi connectivity index (χ3n) is 1.55. The van der Waals surface area contributed by atoms with Crippen molar-refractivity contribution >= 4 is 5.78 Å². The molecule has 0 aromatic heterocycles. The second-order valence-corrected chi connectivity index (χ2v) is 2.34. The lowest BCUT2D eigenvalue weighted by molar-refractivity contribution is 0.101. The zero-order valence-corrected chi connectivity index (χ0v) is 6.42. The normalized spacial score (nSPS) is 9.64. The maximum Gasteiger partial charge on any atom is 0.160 e. The van der Waals surface area contributed by atoms with Crippen molar-refractivity contribution in [1.29, 1.82) is 0 Å². The molecule has 1 aromatic carbocycles. The minimum Gasteiger partial charge on any atom is -0.326 e. The molecule has 1 rings (SSSR count). The molecule has 1 aromatic rings. The molecule has 0 saturated heterocycles.